The van der Waals surface area contributed by atoms with Crippen LogP contribution in [0.5, 0.6) is 11.5 Å². The number of aliphatic imine (C=N–C) groups is 1. The Kier molecular flexibility index (Phi) is 9.55. The largest absolute Gasteiger partial charge is 0.493 e. The van der Waals surface area contributed by atoms with E-state index in [9.17, 15) is 8.78 Å². The van der Waals surface area contributed by atoms with Gasteiger partial charge in [0.15, 0.2) is 5.96 Å². The number of aromatic nitrogens is 2. The molecule has 0 aliphatic rings. The van der Waals surface area contributed by atoms with Crippen molar-refractivity contribution >= 4 is 5.96 Å². The predicted octanol–water partition coefficient (Wildman–Crippen LogP) is 3.80. The van der Waals surface area contributed by atoms with Crippen molar-refractivity contribution in [3.05, 3.63) is 40.7 Å². The van der Waals surface area contributed by atoms with E-state index in [0.717, 1.165) is 30.5 Å². The van der Waals surface area contributed by atoms with Gasteiger partial charge in [0.2, 0.25) is 0 Å². The molecule has 1 aromatic carbocycles. The van der Waals surface area contributed by atoms with Crippen molar-refractivity contribution in [3.8, 4) is 11.5 Å². The SMILES string of the molecule is CCCOc1ccc(CNC(=NC)NCc2c(CC)nn(C)c2CC)c(OC(F)F)c1. The van der Waals surface area contributed by atoms with Crippen molar-refractivity contribution in [3.63, 3.8) is 0 Å². The highest BCUT2D eigenvalue weighted by molar-refractivity contribution is 5.79. The zero-order chi connectivity index (χ0) is 22.8. The molecule has 2 aromatic rings. The number of nitrogens with zero attached hydrogens (tertiary/aromatic N) is 3. The van der Waals surface area contributed by atoms with Crippen molar-refractivity contribution in [2.45, 2.75) is 59.7 Å². The Morgan fingerprint density at radius 3 is 2.52 bits per heavy atom. The second-order valence-electron chi connectivity index (χ2n) is 6.98. The third kappa shape index (κ3) is 6.83. The summed E-state index contributed by atoms with van der Waals surface area (Å²) in [5.41, 5.74) is 3.97. The van der Waals surface area contributed by atoms with Gasteiger partial charge in [-0.05, 0) is 31.4 Å². The van der Waals surface area contributed by atoms with E-state index >= 15 is 0 Å². The first-order valence-corrected chi connectivity index (χ1v) is 10.6. The van der Waals surface area contributed by atoms with Crippen LogP contribution in [-0.4, -0.2) is 36.0 Å². The fraction of sp³-hybridized carbons (Fsp3) is 0.545. The number of halogens is 2. The standard InChI is InChI=1S/C22H33F2N5O2/c1-6-11-30-16-10-9-15(20(12-16)31-21(23)24)13-26-22(25-4)27-14-17-18(7-2)28-29(5)19(17)8-3/h9-10,12,21H,6-8,11,13-14H2,1-5H3,(H2,25,26,27). The average Bonchev–Trinajstić information content (AvgIpc) is 3.07. The van der Waals surface area contributed by atoms with E-state index < -0.39 is 6.61 Å². The van der Waals surface area contributed by atoms with Crippen LogP contribution in [0.4, 0.5) is 8.78 Å². The van der Waals surface area contributed by atoms with Crippen molar-refractivity contribution in [1.29, 1.82) is 0 Å². The maximum atomic E-state index is 12.9. The van der Waals surface area contributed by atoms with E-state index in [-0.39, 0.29) is 12.3 Å². The van der Waals surface area contributed by atoms with Crippen LogP contribution in [-0.2, 0) is 33.0 Å². The molecule has 0 aliphatic heterocycles. The second kappa shape index (κ2) is 12.1. The molecular weight excluding hydrogens is 404 g/mol. The highest BCUT2D eigenvalue weighted by Gasteiger charge is 2.15. The van der Waals surface area contributed by atoms with Crippen LogP contribution < -0.4 is 20.1 Å². The van der Waals surface area contributed by atoms with E-state index in [1.54, 1.807) is 19.2 Å². The Balaban J connectivity index is 2.07. The van der Waals surface area contributed by atoms with Gasteiger partial charge in [-0.3, -0.25) is 9.67 Å². The van der Waals surface area contributed by atoms with Gasteiger partial charge in [0.25, 0.3) is 0 Å². The number of benzene rings is 1. The third-order valence-corrected chi connectivity index (χ3v) is 4.86. The summed E-state index contributed by atoms with van der Waals surface area (Å²) in [4.78, 5) is 4.24. The van der Waals surface area contributed by atoms with E-state index in [1.807, 2.05) is 18.7 Å². The van der Waals surface area contributed by atoms with Crippen LogP contribution in [0.1, 0.15) is 49.7 Å². The van der Waals surface area contributed by atoms with Crippen molar-refractivity contribution in [2.24, 2.45) is 12.0 Å². The molecule has 0 radical (unpaired) electrons. The van der Waals surface area contributed by atoms with E-state index in [4.69, 9.17) is 9.47 Å². The minimum Gasteiger partial charge on any atom is -0.493 e. The topological polar surface area (TPSA) is 72.7 Å². The molecule has 172 valence electrons. The molecule has 9 heteroatoms. The molecule has 0 amide bonds. The summed E-state index contributed by atoms with van der Waals surface area (Å²) >= 11 is 0. The summed E-state index contributed by atoms with van der Waals surface area (Å²) in [7, 11) is 3.62. The Hall–Kier alpha value is -2.84. The second-order valence-corrected chi connectivity index (χ2v) is 6.98. The number of rotatable bonds is 11. The monoisotopic (exact) mass is 437 g/mol. The highest BCUT2D eigenvalue weighted by atomic mass is 19.3. The Morgan fingerprint density at radius 1 is 1.16 bits per heavy atom. The van der Waals surface area contributed by atoms with E-state index in [0.29, 0.717) is 30.4 Å². The molecule has 0 aliphatic carbocycles. The smallest absolute Gasteiger partial charge is 0.387 e. The maximum Gasteiger partial charge on any atom is 0.387 e. The van der Waals surface area contributed by atoms with Crippen LogP contribution in [0.15, 0.2) is 23.2 Å². The summed E-state index contributed by atoms with van der Waals surface area (Å²) in [5.74, 6) is 1.14. The molecule has 0 saturated heterocycles. The Morgan fingerprint density at radius 2 is 1.90 bits per heavy atom. The molecule has 0 bridgehead atoms. The number of aryl methyl sites for hydroxylation is 2. The van der Waals surface area contributed by atoms with E-state index in [1.165, 1.54) is 11.8 Å². The first-order chi connectivity index (χ1) is 14.9. The van der Waals surface area contributed by atoms with Crippen LogP contribution in [0.2, 0.25) is 0 Å². The first-order valence-electron chi connectivity index (χ1n) is 10.6. The number of guanidine groups is 1. The van der Waals surface area contributed by atoms with Gasteiger partial charge in [-0.15, -0.1) is 0 Å². The van der Waals surface area contributed by atoms with Gasteiger partial charge in [0.05, 0.1) is 12.3 Å². The molecule has 0 saturated carbocycles. The summed E-state index contributed by atoms with van der Waals surface area (Å²) in [5, 5.41) is 11.0. The van der Waals surface area contributed by atoms with Crippen LogP contribution >= 0.6 is 0 Å². The molecule has 0 fully saturated rings. The van der Waals surface area contributed by atoms with Gasteiger partial charge in [-0.25, -0.2) is 0 Å². The van der Waals surface area contributed by atoms with Crippen molar-refractivity contribution in [2.75, 3.05) is 13.7 Å². The summed E-state index contributed by atoms with van der Waals surface area (Å²) in [6, 6.07) is 4.96. The van der Waals surface area contributed by atoms with Crippen molar-refractivity contribution < 1.29 is 18.3 Å². The van der Waals surface area contributed by atoms with Crippen molar-refractivity contribution in [1.82, 2.24) is 20.4 Å². The summed E-state index contributed by atoms with van der Waals surface area (Å²) < 4.78 is 37.9. The zero-order valence-corrected chi connectivity index (χ0v) is 19.0. The Labute approximate surface area is 182 Å². The first kappa shape index (κ1) is 24.4. The van der Waals surface area contributed by atoms with Gasteiger partial charge in [0.1, 0.15) is 11.5 Å². The third-order valence-electron chi connectivity index (χ3n) is 4.86. The summed E-state index contributed by atoms with van der Waals surface area (Å²) in [6.45, 7) is 4.60. The predicted molar refractivity (Wildman–Crippen MR) is 118 cm³/mol. The van der Waals surface area contributed by atoms with Crippen LogP contribution in [0.3, 0.4) is 0 Å². The molecule has 0 unspecified atom stereocenters. The molecule has 1 aromatic heterocycles. The number of ether oxygens (including phenoxy) is 2. The minimum absolute atomic E-state index is 0.0837. The quantitative estimate of drug-likeness (QED) is 0.413. The Bertz CT molecular complexity index is 868. The molecule has 0 atom stereocenters. The number of nitrogens with one attached hydrogen (secondary N) is 2. The lowest BCUT2D eigenvalue weighted by atomic mass is 10.1. The molecule has 0 spiro atoms. The lowest BCUT2D eigenvalue weighted by Gasteiger charge is -2.16. The molecule has 1 heterocycles. The lowest BCUT2D eigenvalue weighted by Crippen LogP contribution is -2.36. The molecule has 2 rings (SSSR count). The lowest BCUT2D eigenvalue weighted by molar-refractivity contribution is -0.0505. The highest BCUT2D eigenvalue weighted by Crippen LogP contribution is 2.26. The minimum atomic E-state index is -2.91. The molecule has 7 nitrogen and oxygen atoms in total. The molecular formula is C22H33F2N5O2. The fourth-order valence-electron chi connectivity index (χ4n) is 3.36. The maximum absolute atomic E-state index is 12.9. The molecule has 2 N–H and O–H groups in total. The van der Waals surface area contributed by atoms with Gasteiger partial charge < -0.3 is 20.1 Å². The zero-order valence-electron chi connectivity index (χ0n) is 19.0. The van der Waals surface area contributed by atoms with Crippen LogP contribution in [0.25, 0.3) is 0 Å². The van der Waals surface area contributed by atoms with Gasteiger partial charge >= 0.3 is 6.61 Å². The van der Waals surface area contributed by atoms with Gasteiger partial charge in [0, 0.05) is 50.1 Å². The average molecular weight is 438 g/mol. The number of hydrogen-bond acceptors (Lipinski definition) is 4. The molecule has 31 heavy (non-hydrogen) atoms. The van der Waals surface area contributed by atoms with E-state index in [2.05, 4.69) is 34.6 Å². The van der Waals surface area contributed by atoms with Gasteiger partial charge in [-0.2, -0.15) is 13.9 Å². The number of hydrogen-bond donors (Lipinski definition) is 2. The fourth-order valence-corrected chi connectivity index (χ4v) is 3.36. The number of alkyl halides is 2. The normalized spacial score (nSPS) is 11.7. The summed E-state index contributed by atoms with van der Waals surface area (Å²) in [6.07, 6.45) is 2.55. The van der Waals surface area contributed by atoms with Crippen LogP contribution in [0, 0.1) is 0 Å². The van der Waals surface area contributed by atoms with Gasteiger partial charge in [-0.1, -0.05) is 20.8 Å².